The molecule has 0 spiro atoms. The van der Waals surface area contributed by atoms with Gasteiger partial charge in [-0.25, -0.2) is 12.8 Å². The van der Waals surface area contributed by atoms with Crippen molar-refractivity contribution < 1.29 is 12.8 Å². The first kappa shape index (κ1) is 11.3. The van der Waals surface area contributed by atoms with E-state index in [-0.39, 0.29) is 21.9 Å². The van der Waals surface area contributed by atoms with Gasteiger partial charge in [0.05, 0.1) is 9.80 Å². The van der Waals surface area contributed by atoms with Crippen molar-refractivity contribution in [3.63, 3.8) is 0 Å². The number of hydrogen-bond acceptors (Lipinski definition) is 3. The summed E-state index contributed by atoms with van der Waals surface area (Å²) in [5, 5.41) is 0. The molecule has 0 atom stereocenters. The van der Waals surface area contributed by atoms with E-state index < -0.39 is 15.7 Å². The lowest BCUT2D eigenvalue weighted by Gasteiger charge is -2.09. The summed E-state index contributed by atoms with van der Waals surface area (Å²) < 4.78 is 37.4. The molecule has 0 aliphatic carbocycles. The molecule has 0 fully saturated rings. The van der Waals surface area contributed by atoms with E-state index in [1.807, 2.05) is 0 Å². The van der Waals surface area contributed by atoms with Crippen molar-refractivity contribution in [3.8, 4) is 0 Å². The van der Waals surface area contributed by atoms with Crippen molar-refractivity contribution in [2.45, 2.75) is 4.90 Å². The molecule has 1 heterocycles. The standard InChI is InChI=1S/C11H12FNO2S/c1-13(2)7-8-6-9-10(12)4-3-5-11(9)16(8,14)15/h3-6H,7H2,1-2H3. The largest absolute Gasteiger partial charge is 0.304 e. The van der Waals surface area contributed by atoms with Crippen LogP contribution in [0.1, 0.15) is 5.56 Å². The number of likely N-dealkylation sites (N-methyl/N-ethyl adjacent to an activating group) is 1. The average Bonchev–Trinajstić information content (AvgIpc) is 2.41. The van der Waals surface area contributed by atoms with Gasteiger partial charge in [-0.1, -0.05) is 6.07 Å². The number of nitrogens with zero attached hydrogens (tertiary/aromatic N) is 1. The van der Waals surface area contributed by atoms with E-state index in [4.69, 9.17) is 0 Å². The fraction of sp³-hybridized carbons (Fsp3) is 0.273. The van der Waals surface area contributed by atoms with Crippen LogP contribution in [0.15, 0.2) is 28.0 Å². The van der Waals surface area contributed by atoms with Crippen LogP contribution in [0.25, 0.3) is 6.08 Å². The summed E-state index contributed by atoms with van der Waals surface area (Å²) in [7, 11) is 0.0625. The fourth-order valence-corrected chi connectivity index (χ4v) is 3.40. The van der Waals surface area contributed by atoms with Gasteiger partial charge in [0.25, 0.3) is 0 Å². The van der Waals surface area contributed by atoms with Crippen LogP contribution < -0.4 is 0 Å². The molecule has 0 amide bonds. The summed E-state index contributed by atoms with van der Waals surface area (Å²) in [6, 6.07) is 4.12. The van der Waals surface area contributed by atoms with Crippen LogP contribution in [0.3, 0.4) is 0 Å². The zero-order chi connectivity index (χ0) is 11.9. The smallest absolute Gasteiger partial charge is 0.204 e. The number of sulfone groups is 1. The molecule has 86 valence electrons. The molecule has 0 saturated heterocycles. The topological polar surface area (TPSA) is 37.4 Å². The van der Waals surface area contributed by atoms with Crippen LogP contribution in [0, 0.1) is 5.82 Å². The molecule has 3 nitrogen and oxygen atoms in total. The van der Waals surface area contributed by atoms with E-state index in [1.165, 1.54) is 24.3 Å². The van der Waals surface area contributed by atoms with Gasteiger partial charge in [-0.05, 0) is 32.3 Å². The Kier molecular flexibility index (Phi) is 2.59. The molecule has 1 aliphatic rings. The van der Waals surface area contributed by atoms with Crippen molar-refractivity contribution >= 4 is 15.9 Å². The lowest BCUT2D eigenvalue weighted by Crippen LogP contribution is -2.18. The highest BCUT2D eigenvalue weighted by atomic mass is 32.2. The van der Waals surface area contributed by atoms with Crippen molar-refractivity contribution in [1.82, 2.24) is 4.90 Å². The van der Waals surface area contributed by atoms with Gasteiger partial charge in [0.1, 0.15) is 5.82 Å². The van der Waals surface area contributed by atoms with Crippen molar-refractivity contribution in [2.24, 2.45) is 0 Å². The molecular weight excluding hydrogens is 229 g/mol. The molecule has 0 saturated carbocycles. The predicted molar refractivity (Wildman–Crippen MR) is 60.1 cm³/mol. The summed E-state index contributed by atoms with van der Waals surface area (Å²) in [5.74, 6) is -0.491. The van der Waals surface area contributed by atoms with E-state index in [9.17, 15) is 12.8 Å². The monoisotopic (exact) mass is 241 g/mol. The second kappa shape index (κ2) is 3.68. The van der Waals surface area contributed by atoms with Crippen LogP contribution in [-0.4, -0.2) is 34.0 Å². The summed E-state index contributed by atoms with van der Waals surface area (Å²) in [5.41, 5.74) is 0.180. The van der Waals surface area contributed by atoms with Gasteiger partial charge in [0, 0.05) is 12.1 Å². The first-order chi connectivity index (χ1) is 7.43. The lowest BCUT2D eigenvalue weighted by atomic mass is 10.2. The SMILES string of the molecule is CN(C)CC1=Cc2c(F)cccc2S1(=O)=O. The Morgan fingerprint density at radius 2 is 2.00 bits per heavy atom. The molecule has 0 aromatic heterocycles. The predicted octanol–water partition coefficient (Wildman–Crippen LogP) is 1.52. The first-order valence-electron chi connectivity index (χ1n) is 4.82. The van der Waals surface area contributed by atoms with E-state index in [0.717, 1.165) is 0 Å². The molecular formula is C11H12FNO2S. The summed E-state index contributed by atoms with van der Waals surface area (Å²) in [6.45, 7) is 0.288. The molecule has 1 aromatic carbocycles. The quantitative estimate of drug-likeness (QED) is 0.787. The molecule has 16 heavy (non-hydrogen) atoms. The van der Waals surface area contributed by atoms with Crippen LogP contribution in [0.5, 0.6) is 0 Å². The molecule has 1 aliphatic heterocycles. The van der Waals surface area contributed by atoms with Crippen molar-refractivity contribution in [1.29, 1.82) is 0 Å². The van der Waals surface area contributed by atoms with Gasteiger partial charge in [-0.3, -0.25) is 0 Å². The Balaban J connectivity index is 2.57. The number of benzene rings is 1. The van der Waals surface area contributed by atoms with E-state index in [1.54, 1.807) is 19.0 Å². The number of halogens is 1. The minimum atomic E-state index is -3.48. The highest BCUT2D eigenvalue weighted by molar-refractivity contribution is 7.95. The van der Waals surface area contributed by atoms with Gasteiger partial charge in [0.2, 0.25) is 9.84 Å². The fourth-order valence-electron chi connectivity index (χ4n) is 1.71. The second-order valence-electron chi connectivity index (χ2n) is 4.00. The Labute approximate surface area is 94.1 Å². The number of fused-ring (bicyclic) bond motifs is 1. The highest BCUT2D eigenvalue weighted by Crippen LogP contribution is 2.34. The molecule has 0 N–H and O–H groups in total. The maximum atomic E-state index is 13.4. The minimum absolute atomic E-state index is 0.0735. The summed E-state index contributed by atoms with van der Waals surface area (Å²) in [4.78, 5) is 2.06. The zero-order valence-electron chi connectivity index (χ0n) is 9.07. The Hall–Kier alpha value is -1.20. The molecule has 0 bridgehead atoms. The van der Waals surface area contributed by atoms with Gasteiger partial charge < -0.3 is 4.90 Å². The molecule has 1 aromatic rings. The van der Waals surface area contributed by atoms with Gasteiger partial charge >= 0.3 is 0 Å². The molecule has 0 unspecified atom stereocenters. The van der Waals surface area contributed by atoms with Crippen LogP contribution in [0.4, 0.5) is 4.39 Å². The summed E-state index contributed by atoms with van der Waals surface area (Å²) >= 11 is 0. The third-order valence-corrected chi connectivity index (χ3v) is 4.30. The van der Waals surface area contributed by atoms with Crippen molar-refractivity contribution in [3.05, 3.63) is 34.5 Å². The highest BCUT2D eigenvalue weighted by Gasteiger charge is 2.31. The maximum Gasteiger partial charge on any atom is 0.204 e. The first-order valence-corrected chi connectivity index (χ1v) is 6.30. The average molecular weight is 241 g/mol. The third-order valence-electron chi connectivity index (χ3n) is 2.42. The molecule has 5 heteroatoms. The minimum Gasteiger partial charge on any atom is -0.304 e. The van der Waals surface area contributed by atoms with Crippen molar-refractivity contribution in [2.75, 3.05) is 20.6 Å². The zero-order valence-corrected chi connectivity index (χ0v) is 9.88. The van der Waals surface area contributed by atoms with E-state index in [0.29, 0.717) is 0 Å². The summed E-state index contributed by atoms with van der Waals surface area (Å²) in [6.07, 6.45) is 1.42. The molecule has 0 radical (unpaired) electrons. The lowest BCUT2D eigenvalue weighted by molar-refractivity contribution is 0.451. The van der Waals surface area contributed by atoms with Gasteiger partial charge in [0.15, 0.2) is 0 Å². The third kappa shape index (κ3) is 1.66. The van der Waals surface area contributed by atoms with E-state index in [2.05, 4.69) is 0 Å². The maximum absolute atomic E-state index is 13.4. The molecule has 2 rings (SSSR count). The van der Waals surface area contributed by atoms with Gasteiger partial charge in [-0.15, -0.1) is 0 Å². The van der Waals surface area contributed by atoms with Gasteiger partial charge in [-0.2, -0.15) is 0 Å². The normalized spacial score (nSPS) is 17.4. The van der Waals surface area contributed by atoms with E-state index >= 15 is 0 Å². The Morgan fingerprint density at radius 1 is 1.31 bits per heavy atom. The van der Waals surface area contributed by atoms with Crippen LogP contribution in [0.2, 0.25) is 0 Å². The van der Waals surface area contributed by atoms with Crippen LogP contribution in [-0.2, 0) is 9.84 Å². The Morgan fingerprint density at radius 3 is 2.56 bits per heavy atom. The number of hydrogen-bond donors (Lipinski definition) is 0. The Bertz CT molecular complexity index is 561. The second-order valence-corrected chi connectivity index (χ2v) is 5.97. The number of rotatable bonds is 2. The van der Waals surface area contributed by atoms with Crippen LogP contribution >= 0.6 is 0 Å².